The van der Waals surface area contributed by atoms with Gasteiger partial charge in [0.05, 0.1) is 34.6 Å². The molecular formula is C50H32N4. The molecule has 0 atom stereocenters. The second kappa shape index (κ2) is 12.7. The largest absolute Gasteiger partial charge is 0.310 e. The molecule has 54 heavy (non-hydrogen) atoms. The molecule has 9 aromatic carbocycles. The highest BCUT2D eigenvalue weighted by molar-refractivity contribution is 6.28. The van der Waals surface area contributed by atoms with Gasteiger partial charge < -0.3 is 9.80 Å². The van der Waals surface area contributed by atoms with E-state index in [4.69, 9.17) is 0 Å². The van der Waals surface area contributed by atoms with Crippen molar-refractivity contribution in [2.24, 2.45) is 0 Å². The first kappa shape index (κ1) is 31.3. The molecule has 0 saturated carbocycles. The van der Waals surface area contributed by atoms with Crippen LogP contribution in [0, 0.1) is 22.7 Å². The van der Waals surface area contributed by atoms with Crippen molar-refractivity contribution in [1.82, 2.24) is 0 Å². The minimum absolute atomic E-state index is 0.627. The summed E-state index contributed by atoms with van der Waals surface area (Å²) in [7, 11) is 0. The first-order chi connectivity index (χ1) is 26.7. The van der Waals surface area contributed by atoms with Crippen molar-refractivity contribution in [3.8, 4) is 12.1 Å². The maximum atomic E-state index is 9.62. The van der Waals surface area contributed by atoms with Crippen LogP contribution in [0.4, 0.5) is 34.1 Å². The molecule has 252 valence electrons. The van der Waals surface area contributed by atoms with Gasteiger partial charge in [-0.25, -0.2) is 0 Å². The molecule has 0 radical (unpaired) electrons. The lowest BCUT2D eigenvalue weighted by Gasteiger charge is -2.30. The number of rotatable bonds is 6. The molecule has 0 N–H and O–H groups in total. The van der Waals surface area contributed by atoms with Crippen molar-refractivity contribution >= 4 is 83.3 Å². The summed E-state index contributed by atoms with van der Waals surface area (Å²) in [5, 5.41) is 28.6. The number of nitrogens with zero attached hydrogens (tertiary/aromatic N) is 4. The van der Waals surface area contributed by atoms with E-state index in [0.717, 1.165) is 63.1 Å². The monoisotopic (exact) mass is 688 g/mol. The van der Waals surface area contributed by atoms with Gasteiger partial charge in [-0.3, -0.25) is 0 Å². The summed E-state index contributed by atoms with van der Waals surface area (Å²) in [4.78, 5) is 4.64. The molecule has 0 heterocycles. The Labute approximate surface area is 313 Å². The number of hydrogen-bond acceptors (Lipinski definition) is 4. The molecule has 4 nitrogen and oxygen atoms in total. The van der Waals surface area contributed by atoms with E-state index in [-0.39, 0.29) is 0 Å². The van der Waals surface area contributed by atoms with Gasteiger partial charge in [-0.15, -0.1) is 0 Å². The fourth-order valence-corrected chi connectivity index (χ4v) is 8.25. The summed E-state index contributed by atoms with van der Waals surface area (Å²) in [6, 6.07) is 60.0. The molecule has 1 aliphatic rings. The number of hydrogen-bond donors (Lipinski definition) is 0. The summed E-state index contributed by atoms with van der Waals surface area (Å²) >= 11 is 0. The van der Waals surface area contributed by atoms with E-state index in [2.05, 4.69) is 143 Å². The van der Waals surface area contributed by atoms with Crippen LogP contribution in [0.2, 0.25) is 0 Å². The van der Waals surface area contributed by atoms with Crippen LogP contribution in [0.25, 0.3) is 49.2 Å². The molecule has 0 bridgehead atoms. The normalized spacial score (nSPS) is 12.2. The number of allylic oxidation sites excluding steroid dienone is 1. The minimum atomic E-state index is 0.627. The standard InChI is InChI=1S/C50H32N4/c51-31-33-9-19-41(20-10-33)53(43-23-13-35-5-1-3-7-39(35)29-43)47-27-17-37-16-26-46-48(28-18-38-15-25-45(47)49(37)50(38)46)54(42-21-11-34(32-52)12-22-42)44-24-14-36-6-2-4-8-40(36)30-44/h1,3-5,7-30H,2,6H2. The number of nitriles is 2. The van der Waals surface area contributed by atoms with E-state index < -0.39 is 0 Å². The predicted molar refractivity (Wildman–Crippen MR) is 224 cm³/mol. The van der Waals surface area contributed by atoms with E-state index in [0.29, 0.717) is 11.1 Å². The Kier molecular flexibility index (Phi) is 7.36. The van der Waals surface area contributed by atoms with Crippen molar-refractivity contribution in [2.45, 2.75) is 12.8 Å². The van der Waals surface area contributed by atoms with Crippen molar-refractivity contribution in [2.75, 3.05) is 9.80 Å². The van der Waals surface area contributed by atoms with E-state index in [1.165, 1.54) is 38.1 Å². The van der Waals surface area contributed by atoms with E-state index in [1.54, 1.807) is 0 Å². The maximum absolute atomic E-state index is 9.62. The van der Waals surface area contributed by atoms with Gasteiger partial charge in [0, 0.05) is 33.5 Å². The van der Waals surface area contributed by atoms with Crippen LogP contribution in [0.5, 0.6) is 0 Å². The minimum Gasteiger partial charge on any atom is -0.310 e. The zero-order valence-electron chi connectivity index (χ0n) is 29.4. The van der Waals surface area contributed by atoms with Crippen molar-refractivity contribution in [3.05, 3.63) is 186 Å². The summed E-state index contributed by atoms with van der Waals surface area (Å²) in [5.41, 5.74) is 10.1. The Morgan fingerprint density at radius 3 is 1.54 bits per heavy atom. The quantitative estimate of drug-likeness (QED) is 0.163. The van der Waals surface area contributed by atoms with Gasteiger partial charge in [-0.2, -0.15) is 10.5 Å². The van der Waals surface area contributed by atoms with Gasteiger partial charge in [-0.1, -0.05) is 84.9 Å². The zero-order valence-corrected chi connectivity index (χ0v) is 29.4. The molecule has 0 aromatic heterocycles. The lowest BCUT2D eigenvalue weighted by Crippen LogP contribution is -2.12. The van der Waals surface area contributed by atoms with E-state index in [9.17, 15) is 10.5 Å². The van der Waals surface area contributed by atoms with Crippen LogP contribution in [-0.2, 0) is 6.42 Å². The smallest absolute Gasteiger partial charge is 0.0991 e. The van der Waals surface area contributed by atoms with Gasteiger partial charge in [0.1, 0.15) is 0 Å². The van der Waals surface area contributed by atoms with Crippen LogP contribution < -0.4 is 9.80 Å². The molecule has 0 fully saturated rings. The first-order valence-electron chi connectivity index (χ1n) is 18.3. The average Bonchev–Trinajstić information content (AvgIpc) is 3.24. The van der Waals surface area contributed by atoms with Crippen LogP contribution >= 0.6 is 0 Å². The maximum Gasteiger partial charge on any atom is 0.0991 e. The second-order valence-corrected chi connectivity index (χ2v) is 13.9. The summed E-state index contributed by atoms with van der Waals surface area (Å²) in [6.07, 6.45) is 6.60. The Morgan fingerprint density at radius 1 is 0.444 bits per heavy atom. The molecule has 10 rings (SSSR count). The van der Waals surface area contributed by atoms with Crippen molar-refractivity contribution in [3.63, 3.8) is 0 Å². The molecule has 0 aliphatic heterocycles. The number of fused-ring (bicyclic) bond motifs is 2. The highest BCUT2D eigenvalue weighted by Gasteiger charge is 2.22. The molecule has 0 saturated heterocycles. The number of benzene rings is 9. The topological polar surface area (TPSA) is 54.1 Å². The fraction of sp³-hybridized carbons (Fsp3) is 0.0400. The molecule has 9 aromatic rings. The lowest BCUT2D eigenvalue weighted by atomic mass is 9.91. The Morgan fingerprint density at radius 2 is 0.944 bits per heavy atom. The third kappa shape index (κ3) is 5.13. The van der Waals surface area contributed by atoms with Gasteiger partial charge >= 0.3 is 0 Å². The number of anilines is 6. The average molecular weight is 689 g/mol. The van der Waals surface area contributed by atoms with Gasteiger partial charge in [0.25, 0.3) is 0 Å². The lowest BCUT2D eigenvalue weighted by molar-refractivity contribution is 0.985. The first-order valence-corrected chi connectivity index (χ1v) is 18.3. The van der Waals surface area contributed by atoms with E-state index >= 15 is 0 Å². The fourth-order valence-electron chi connectivity index (χ4n) is 8.25. The third-order valence-electron chi connectivity index (χ3n) is 10.9. The van der Waals surface area contributed by atoms with Crippen molar-refractivity contribution in [1.29, 1.82) is 10.5 Å². The Bertz CT molecular complexity index is 3020. The van der Waals surface area contributed by atoms with Gasteiger partial charge in [0.2, 0.25) is 0 Å². The van der Waals surface area contributed by atoms with Crippen molar-refractivity contribution < 1.29 is 0 Å². The molecule has 4 heteroatoms. The Hall–Kier alpha value is -7.40. The summed E-state index contributed by atoms with van der Waals surface area (Å²) in [6.45, 7) is 0. The zero-order chi connectivity index (χ0) is 36.2. The van der Waals surface area contributed by atoms with Gasteiger partial charge in [0.15, 0.2) is 0 Å². The van der Waals surface area contributed by atoms with Crippen LogP contribution in [0.15, 0.2) is 164 Å². The Balaban J connectivity index is 1.22. The van der Waals surface area contributed by atoms with Crippen LogP contribution in [0.3, 0.4) is 0 Å². The molecule has 0 amide bonds. The summed E-state index contributed by atoms with van der Waals surface area (Å²) in [5.74, 6) is 0. The van der Waals surface area contributed by atoms with Gasteiger partial charge in [-0.05, 0) is 141 Å². The molecular weight excluding hydrogens is 657 g/mol. The van der Waals surface area contributed by atoms with Crippen LogP contribution in [-0.4, -0.2) is 0 Å². The molecule has 1 aliphatic carbocycles. The molecule has 0 unspecified atom stereocenters. The predicted octanol–water partition coefficient (Wildman–Crippen LogP) is 13.4. The highest BCUT2D eigenvalue weighted by atomic mass is 15.1. The second-order valence-electron chi connectivity index (χ2n) is 13.9. The van der Waals surface area contributed by atoms with E-state index in [1.807, 2.05) is 48.5 Å². The molecule has 0 spiro atoms. The summed E-state index contributed by atoms with van der Waals surface area (Å²) < 4.78 is 0. The number of aryl methyl sites for hydroxylation is 1. The highest BCUT2D eigenvalue weighted by Crippen LogP contribution is 2.48. The SMILES string of the molecule is N#Cc1ccc(N(c2ccc3c(c2)C=CCC3)c2ccc3ccc4c(N(c5ccc(C#N)cc5)c5ccc6ccccc6c5)ccc5ccc2c3c54)cc1. The van der Waals surface area contributed by atoms with Crippen LogP contribution in [0.1, 0.15) is 28.7 Å². The third-order valence-corrected chi connectivity index (χ3v) is 10.9.